The zero-order chi connectivity index (χ0) is 11.5. The van der Waals surface area contributed by atoms with Crippen molar-refractivity contribution in [3.8, 4) is 0 Å². The van der Waals surface area contributed by atoms with Crippen molar-refractivity contribution >= 4 is 5.91 Å². The minimum atomic E-state index is -0.319. The highest BCUT2D eigenvalue weighted by Crippen LogP contribution is 2.22. The summed E-state index contributed by atoms with van der Waals surface area (Å²) in [4.78, 5) is 14.1. The van der Waals surface area contributed by atoms with Crippen LogP contribution >= 0.6 is 0 Å². The summed E-state index contributed by atoms with van der Waals surface area (Å²) in [6, 6.07) is 0.373. The lowest BCUT2D eigenvalue weighted by molar-refractivity contribution is -0.133. The molecule has 1 fully saturated rings. The summed E-state index contributed by atoms with van der Waals surface area (Å²) in [6.07, 6.45) is 4.38. The quantitative estimate of drug-likeness (QED) is 0.757. The largest absolute Gasteiger partial charge is 0.326 e. The van der Waals surface area contributed by atoms with E-state index in [0.717, 1.165) is 12.8 Å². The first-order valence-corrected chi connectivity index (χ1v) is 6.11. The van der Waals surface area contributed by atoms with Gasteiger partial charge < -0.3 is 4.90 Å². The summed E-state index contributed by atoms with van der Waals surface area (Å²) in [7, 11) is 0. The van der Waals surface area contributed by atoms with Crippen LogP contribution in [0.3, 0.4) is 0 Å². The molecule has 0 radical (unpaired) electrons. The molecule has 1 N–H and O–H groups in total. The molecule has 0 aromatic carbocycles. The molecule has 2 atom stereocenters. The molecule has 3 heteroatoms. The molecule has 1 amide bonds. The molecule has 1 saturated heterocycles. The van der Waals surface area contributed by atoms with E-state index >= 15 is 0 Å². The van der Waals surface area contributed by atoms with Gasteiger partial charge in [-0.3, -0.25) is 10.1 Å². The number of hydrogen-bond donors (Lipinski definition) is 1. The average molecular weight is 212 g/mol. The van der Waals surface area contributed by atoms with Gasteiger partial charge in [0.25, 0.3) is 0 Å². The van der Waals surface area contributed by atoms with Crippen molar-refractivity contribution < 1.29 is 4.79 Å². The number of amides is 1. The maximum atomic E-state index is 12.1. The fraction of sp³-hybridized carbons (Fsp3) is 0.917. The zero-order valence-electron chi connectivity index (χ0n) is 10.5. The van der Waals surface area contributed by atoms with Gasteiger partial charge >= 0.3 is 0 Å². The molecule has 0 aromatic rings. The number of nitrogens with zero attached hydrogens (tertiary/aromatic N) is 1. The van der Waals surface area contributed by atoms with Crippen LogP contribution < -0.4 is 5.32 Å². The van der Waals surface area contributed by atoms with Crippen LogP contribution in [-0.2, 0) is 4.79 Å². The number of nitrogens with one attached hydrogen (secondary N) is 1. The highest BCUT2D eigenvalue weighted by molar-refractivity contribution is 5.88. The maximum Gasteiger partial charge on any atom is 0.243 e. The fourth-order valence-electron chi connectivity index (χ4n) is 2.01. The van der Waals surface area contributed by atoms with Gasteiger partial charge in [0.15, 0.2) is 0 Å². The van der Waals surface area contributed by atoms with E-state index in [2.05, 4.69) is 26.1 Å². The van der Waals surface area contributed by atoms with Gasteiger partial charge in [-0.25, -0.2) is 0 Å². The van der Waals surface area contributed by atoms with Crippen LogP contribution in [0, 0.1) is 0 Å². The zero-order valence-corrected chi connectivity index (χ0v) is 10.5. The summed E-state index contributed by atoms with van der Waals surface area (Å²) in [5.41, 5.74) is -0.319. The fourth-order valence-corrected chi connectivity index (χ4v) is 2.01. The van der Waals surface area contributed by atoms with E-state index in [1.54, 1.807) is 0 Å². The molecule has 3 nitrogen and oxygen atoms in total. The first kappa shape index (κ1) is 12.5. The Hall–Kier alpha value is -0.570. The van der Waals surface area contributed by atoms with E-state index in [4.69, 9.17) is 0 Å². The van der Waals surface area contributed by atoms with Crippen molar-refractivity contribution in [2.45, 2.75) is 65.0 Å². The third kappa shape index (κ3) is 2.51. The Bertz CT molecular complexity index is 230. The Labute approximate surface area is 93.2 Å². The Morgan fingerprint density at radius 2 is 2.20 bits per heavy atom. The molecule has 0 saturated carbocycles. The molecule has 0 aliphatic carbocycles. The summed E-state index contributed by atoms with van der Waals surface area (Å²) in [5, 5.41) is 3.32. The van der Waals surface area contributed by atoms with Crippen molar-refractivity contribution in [3.05, 3.63) is 0 Å². The van der Waals surface area contributed by atoms with E-state index in [1.807, 2.05) is 11.8 Å². The average Bonchev–Trinajstić information content (AvgIpc) is 2.53. The minimum Gasteiger partial charge on any atom is -0.326 e. The van der Waals surface area contributed by atoms with Crippen LogP contribution in [-0.4, -0.2) is 29.1 Å². The van der Waals surface area contributed by atoms with Crippen LogP contribution in [0.25, 0.3) is 0 Å². The molecule has 0 aromatic heterocycles. The van der Waals surface area contributed by atoms with Crippen molar-refractivity contribution in [1.29, 1.82) is 0 Å². The predicted molar refractivity (Wildman–Crippen MR) is 62.5 cm³/mol. The minimum absolute atomic E-state index is 0.272. The maximum absolute atomic E-state index is 12.1. The third-order valence-corrected chi connectivity index (χ3v) is 3.59. The van der Waals surface area contributed by atoms with Gasteiger partial charge in [0, 0.05) is 6.04 Å². The van der Waals surface area contributed by atoms with Gasteiger partial charge in [-0.05, 0) is 26.7 Å². The third-order valence-electron chi connectivity index (χ3n) is 3.59. The summed E-state index contributed by atoms with van der Waals surface area (Å²) in [6.45, 7) is 9.12. The Morgan fingerprint density at radius 3 is 2.67 bits per heavy atom. The van der Waals surface area contributed by atoms with E-state index in [9.17, 15) is 4.79 Å². The predicted octanol–water partition coefficient (Wildman–Crippen LogP) is 2.12. The molecule has 15 heavy (non-hydrogen) atoms. The first-order valence-electron chi connectivity index (χ1n) is 6.11. The standard InChI is InChI=1S/C12H24N2O/c1-5-7-8-10(3)14-9-13-12(4,6-2)11(14)15/h10,13H,5-9H2,1-4H3. The van der Waals surface area contributed by atoms with Crippen molar-refractivity contribution in [1.82, 2.24) is 10.2 Å². The molecule has 1 heterocycles. The topological polar surface area (TPSA) is 32.3 Å². The first-order chi connectivity index (χ1) is 7.05. The van der Waals surface area contributed by atoms with Gasteiger partial charge in [-0.2, -0.15) is 0 Å². The van der Waals surface area contributed by atoms with Gasteiger partial charge in [-0.15, -0.1) is 0 Å². The van der Waals surface area contributed by atoms with Crippen molar-refractivity contribution in [3.63, 3.8) is 0 Å². The van der Waals surface area contributed by atoms with Crippen molar-refractivity contribution in [2.24, 2.45) is 0 Å². The second-order valence-corrected chi connectivity index (χ2v) is 4.79. The number of carbonyl (C=O) groups excluding carboxylic acids is 1. The molecule has 1 aliphatic heterocycles. The molecule has 88 valence electrons. The number of unbranched alkanes of at least 4 members (excludes halogenated alkanes) is 1. The lowest BCUT2D eigenvalue weighted by atomic mass is 9.98. The van der Waals surface area contributed by atoms with Gasteiger partial charge in [-0.1, -0.05) is 26.7 Å². The lowest BCUT2D eigenvalue weighted by Crippen LogP contribution is -2.44. The Balaban J connectivity index is 2.55. The van der Waals surface area contributed by atoms with Crippen LogP contribution in [0.2, 0.25) is 0 Å². The van der Waals surface area contributed by atoms with Gasteiger partial charge in [0.1, 0.15) is 0 Å². The second kappa shape index (κ2) is 4.97. The second-order valence-electron chi connectivity index (χ2n) is 4.79. The smallest absolute Gasteiger partial charge is 0.243 e. The number of rotatable bonds is 5. The van der Waals surface area contributed by atoms with Gasteiger partial charge in [0.2, 0.25) is 5.91 Å². The van der Waals surface area contributed by atoms with Gasteiger partial charge in [0.05, 0.1) is 12.2 Å². The van der Waals surface area contributed by atoms with E-state index in [-0.39, 0.29) is 11.4 Å². The molecule has 0 spiro atoms. The Morgan fingerprint density at radius 1 is 1.53 bits per heavy atom. The van der Waals surface area contributed by atoms with E-state index in [1.165, 1.54) is 12.8 Å². The summed E-state index contributed by atoms with van der Waals surface area (Å²) < 4.78 is 0. The lowest BCUT2D eigenvalue weighted by Gasteiger charge is -2.26. The molecule has 2 unspecified atom stereocenters. The van der Waals surface area contributed by atoms with Crippen LogP contribution in [0.1, 0.15) is 53.4 Å². The number of carbonyl (C=O) groups is 1. The van der Waals surface area contributed by atoms with Crippen LogP contribution in [0.4, 0.5) is 0 Å². The van der Waals surface area contributed by atoms with Crippen LogP contribution in [0.15, 0.2) is 0 Å². The SMILES string of the molecule is CCCCC(C)N1CNC(C)(CC)C1=O. The van der Waals surface area contributed by atoms with E-state index < -0.39 is 0 Å². The van der Waals surface area contributed by atoms with Crippen molar-refractivity contribution in [2.75, 3.05) is 6.67 Å². The monoisotopic (exact) mass is 212 g/mol. The highest BCUT2D eigenvalue weighted by atomic mass is 16.2. The highest BCUT2D eigenvalue weighted by Gasteiger charge is 2.42. The molecular formula is C12H24N2O. The van der Waals surface area contributed by atoms with Crippen LogP contribution in [0.5, 0.6) is 0 Å². The normalized spacial score (nSPS) is 28.5. The molecule has 1 aliphatic rings. The summed E-state index contributed by atoms with van der Waals surface area (Å²) in [5.74, 6) is 0.272. The van der Waals surface area contributed by atoms with E-state index in [0.29, 0.717) is 12.7 Å². The summed E-state index contributed by atoms with van der Waals surface area (Å²) >= 11 is 0. The Kier molecular flexibility index (Phi) is 4.14. The molecule has 1 rings (SSSR count). The molecule has 0 bridgehead atoms. The molecular weight excluding hydrogens is 188 g/mol. The number of hydrogen-bond acceptors (Lipinski definition) is 2.